The highest BCUT2D eigenvalue weighted by Crippen LogP contribution is 2.21. The minimum atomic E-state index is 0.0850. The van der Waals surface area contributed by atoms with Gasteiger partial charge in [0.25, 0.3) is 0 Å². The molecule has 2 aromatic rings. The smallest absolute Gasteiger partial charge is 0.145 e. The minimum absolute atomic E-state index is 0.0850. The second-order valence-electron chi connectivity index (χ2n) is 4.21. The van der Waals surface area contributed by atoms with E-state index < -0.39 is 0 Å². The van der Waals surface area contributed by atoms with Crippen molar-refractivity contribution in [3.63, 3.8) is 0 Å². The van der Waals surface area contributed by atoms with Crippen LogP contribution >= 0.6 is 0 Å². The molecule has 0 fully saturated rings. The second kappa shape index (κ2) is 5.10. The fraction of sp³-hybridized carbons (Fsp3) is 0.385. The van der Waals surface area contributed by atoms with Crippen molar-refractivity contribution in [3.8, 4) is 0 Å². The Bertz CT molecular complexity index is 476. The Morgan fingerprint density at radius 2 is 2.12 bits per heavy atom. The number of aryl methyl sites for hydroxylation is 2. The van der Waals surface area contributed by atoms with E-state index in [1.807, 2.05) is 0 Å². The summed E-state index contributed by atoms with van der Waals surface area (Å²) in [4.78, 5) is 4.23. The zero-order valence-electron chi connectivity index (χ0n) is 10.5. The molecule has 0 radical (unpaired) electrons. The summed E-state index contributed by atoms with van der Waals surface area (Å²) in [5.74, 6) is 0.857. The Kier molecular flexibility index (Phi) is 3.54. The van der Waals surface area contributed by atoms with Crippen LogP contribution in [-0.4, -0.2) is 21.7 Å². The van der Waals surface area contributed by atoms with Gasteiger partial charge in [0.1, 0.15) is 12.2 Å². The molecule has 1 atom stereocenters. The van der Waals surface area contributed by atoms with Gasteiger partial charge >= 0.3 is 0 Å². The van der Waals surface area contributed by atoms with Crippen molar-refractivity contribution in [2.45, 2.75) is 26.8 Å². The summed E-state index contributed by atoms with van der Waals surface area (Å²) < 4.78 is 0. The van der Waals surface area contributed by atoms with E-state index in [2.05, 4.69) is 59.5 Å². The zero-order valence-corrected chi connectivity index (χ0v) is 10.5. The van der Waals surface area contributed by atoms with Crippen LogP contribution in [0.2, 0.25) is 0 Å². The van der Waals surface area contributed by atoms with Crippen molar-refractivity contribution >= 4 is 0 Å². The molecule has 2 rings (SSSR count). The first-order valence-electron chi connectivity index (χ1n) is 5.88. The monoisotopic (exact) mass is 230 g/mol. The largest absolute Gasteiger partial charge is 0.304 e. The normalized spacial score (nSPS) is 12.6. The lowest BCUT2D eigenvalue weighted by Gasteiger charge is -2.16. The third-order valence-electron chi connectivity index (χ3n) is 2.98. The molecule has 1 unspecified atom stereocenters. The molecule has 0 bridgehead atoms. The quantitative estimate of drug-likeness (QED) is 0.846. The summed E-state index contributed by atoms with van der Waals surface area (Å²) in [6, 6.07) is 6.57. The zero-order chi connectivity index (χ0) is 12.3. The van der Waals surface area contributed by atoms with Crippen molar-refractivity contribution in [2.24, 2.45) is 0 Å². The van der Waals surface area contributed by atoms with Gasteiger partial charge in [-0.25, -0.2) is 4.98 Å². The van der Waals surface area contributed by atoms with Crippen molar-refractivity contribution in [1.29, 1.82) is 0 Å². The van der Waals surface area contributed by atoms with Gasteiger partial charge in [-0.05, 0) is 37.1 Å². The molecule has 4 heteroatoms. The molecule has 0 spiro atoms. The first-order valence-corrected chi connectivity index (χ1v) is 5.88. The van der Waals surface area contributed by atoms with E-state index in [0.29, 0.717) is 0 Å². The van der Waals surface area contributed by atoms with Gasteiger partial charge in [-0.2, -0.15) is 5.10 Å². The maximum Gasteiger partial charge on any atom is 0.145 e. The lowest BCUT2D eigenvalue weighted by molar-refractivity contribution is 0.599. The fourth-order valence-corrected chi connectivity index (χ4v) is 1.87. The average molecular weight is 230 g/mol. The van der Waals surface area contributed by atoms with E-state index in [4.69, 9.17) is 0 Å². The van der Waals surface area contributed by atoms with E-state index >= 15 is 0 Å². The van der Waals surface area contributed by atoms with Crippen LogP contribution in [0.3, 0.4) is 0 Å². The van der Waals surface area contributed by atoms with Gasteiger partial charge in [-0.1, -0.05) is 25.1 Å². The first-order chi connectivity index (χ1) is 8.22. The van der Waals surface area contributed by atoms with Crippen molar-refractivity contribution in [3.05, 3.63) is 47.0 Å². The minimum Gasteiger partial charge on any atom is -0.304 e. The number of H-pyrrole nitrogens is 1. The molecule has 4 nitrogen and oxygen atoms in total. The SMILES string of the molecule is CCNC(c1ccc(C)c(C)c1)c1ncn[nH]1. The average Bonchev–Trinajstić information content (AvgIpc) is 2.83. The summed E-state index contributed by atoms with van der Waals surface area (Å²) in [7, 11) is 0. The Hall–Kier alpha value is -1.68. The summed E-state index contributed by atoms with van der Waals surface area (Å²) in [5, 5.41) is 10.3. The molecule has 0 aliphatic rings. The maximum atomic E-state index is 4.23. The number of hydrogen-bond donors (Lipinski definition) is 2. The van der Waals surface area contributed by atoms with Crippen LogP contribution in [0.4, 0.5) is 0 Å². The summed E-state index contributed by atoms with van der Waals surface area (Å²) >= 11 is 0. The van der Waals surface area contributed by atoms with Gasteiger partial charge in [0.2, 0.25) is 0 Å². The molecule has 17 heavy (non-hydrogen) atoms. The predicted octanol–water partition coefficient (Wildman–Crippen LogP) is 2.12. The molecule has 1 heterocycles. The third kappa shape index (κ3) is 2.53. The van der Waals surface area contributed by atoms with Crippen LogP contribution in [0.5, 0.6) is 0 Å². The number of hydrogen-bond acceptors (Lipinski definition) is 3. The lowest BCUT2D eigenvalue weighted by Crippen LogP contribution is -2.23. The molecule has 0 aliphatic carbocycles. The van der Waals surface area contributed by atoms with Gasteiger partial charge in [0.05, 0.1) is 6.04 Å². The van der Waals surface area contributed by atoms with Gasteiger partial charge < -0.3 is 5.32 Å². The molecule has 1 aromatic heterocycles. The van der Waals surface area contributed by atoms with Gasteiger partial charge in [-0.15, -0.1) is 0 Å². The van der Waals surface area contributed by atoms with E-state index in [-0.39, 0.29) is 6.04 Å². The molecule has 2 N–H and O–H groups in total. The Morgan fingerprint density at radius 3 is 2.71 bits per heavy atom. The van der Waals surface area contributed by atoms with E-state index in [1.54, 1.807) is 6.33 Å². The molecular formula is C13H18N4. The number of aromatic nitrogens is 3. The van der Waals surface area contributed by atoms with Gasteiger partial charge in [0, 0.05) is 0 Å². The molecule has 90 valence electrons. The molecule has 0 saturated heterocycles. The van der Waals surface area contributed by atoms with E-state index in [0.717, 1.165) is 12.4 Å². The van der Waals surface area contributed by atoms with Crippen LogP contribution in [0, 0.1) is 13.8 Å². The predicted molar refractivity (Wildman–Crippen MR) is 67.8 cm³/mol. The Labute approximate surface area is 101 Å². The summed E-state index contributed by atoms with van der Waals surface area (Å²) in [6.07, 6.45) is 1.54. The lowest BCUT2D eigenvalue weighted by atomic mass is 10.0. The standard InChI is InChI=1S/C13H18N4/c1-4-14-12(13-15-8-16-17-13)11-6-5-9(2)10(3)7-11/h5-8,12,14H,4H2,1-3H3,(H,15,16,17). The summed E-state index contributed by atoms with van der Waals surface area (Å²) in [5.41, 5.74) is 3.82. The van der Waals surface area contributed by atoms with E-state index in [1.165, 1.54) is 16.7 Å². The van der Waals surface area contributed by atoms with Crippen LogP contribution in [0.15, 0.2) is 24.5 Å². The number of aromatic amines is 1. The number of rotatable bonds is 4. The van der Waals surface area contributed by atoms with Crippen LogP contribution in [0.25, 0.3) is 0 Å². The molecule has 0 aliphatic heterocycles. The Balaban J connectivity index is 2.35. The number of nitrogens with zero attached hydrogens (tertiary/aromatic N) is 2. The first kappa shape index (κ1) is 11.8. The van der Waals surface area contributed by atoms with E-state index in [9.17, 15) is 0 Å². The molecule has 1 aromatic carbocycles. The van der Waals surface area contributed by atoms with Crippen LogP contribution in [-0.2, 0) is 0 Å². The van der Waals surface area contributed by atoms with Crippen LogP contribution in [0.1, 0.15) is 35.5 Å². The number of benzene rings is 1. The molecule has 0 amide bonds. The van der Waals surface area contributed by atoms with Crippen molar-refractivity contribution in [1.82, 2.24) is 20.5 Å². The highest BCUT2D eigenvalue weighted by Gasteiger charge is 2.15. The van der Waals surface area contributed by atoms with Crippen molar-refractivity contribution < 1.29 is 0 Å². The second-order valence-corrected chi connectivity index (χ2v) is 4.21. The highest BCUT2D eigenvalue weighted by atomic mass is 15.2. The molecule has 0 saturated carbocycles. The summed E-state index contributed by atoms with van der Waals surface area (Å²) in [6.45, 7) is 7.22. The number of nitrogens with one attached hydrogen (secondary N) is 2. The highest BCUT2D eigenvalue weighted by molar-refractivity contribution is 5.33. The van der Waals surface area contributed by atoms with Gasteiger partial charge in [-0.3, -0.25) is 5.10 Å². The fourth-order valence-electron chi connectivity index (χ4n) is 1.87. The molecular weight excluding hydrogens is 212 g/mol. The maximum absolute atomic E-state index is 4.23. The Morgan fingerprint density at radius 1 is 1.29 bits per heavy atom. The van der Waals surface area contributed by atoms with Gasteiger partial charge in [0.15, 0.2) is 0 Å². The van der Waals surface area contributed by atoms with Crippen LogP contribution < -0.4 is 5.32 Å². The third-order valence-corrected chi connectivity index (χ3v) is 2.98. The topological polar surface area (TPSA) is 53.6 Å². The van der Waals surface area contributed by atoms with Crippen molar-refractivity contribution in [2.75, 3.05) is 6.54 Å².